The van der Waals surface area contributed by atoms with Crippen molar-refractivity contribution in [1.82, 2.24) is 4.98 Å². The van der Waals surface area contributed by atoms with Gasteiger partial charge < -0.3 is 10.6 Å². The molecule has 0 aliphatic heterocycles. The third kappa shape index (κ3) is 2.96. The van der Waals surface area contributed by atoms with Crippen LogP contribution in [0.4, 0.5) is 5.69 Å². The maximum Gasteiger partial charge on any atom is 0.123 e. The van der Waals surface area contributed by atoms with Gasteiger partial charge in [-0.2, -0.15) is 0 Å². The summed E-state index contributed by atoms with van der Waals surface area (Å²) in [5, 5.41) is 1.04. The van der Waals surface area contributed by atoms with Crippen LogP contribution in [0, 0.1) is 6.92 Å². The van der Waals surface area contributed by atoms with E-state index < -0.39 is 0 Å². The molecule has 0 aliphatic rings. The zero-order valence-electron chi connectivity index (χ0n) is 12.2. The number of benzene rings is 1. The lowest BCUT2D eigenvalue weighted by Crippen LogP contribution is -2.28. The highest BCUT2D eigenvalue weighted by Gasteiger charge is 2.21. The third-order valence-electron chi connectivity index (χ3n) is 3.01. The van der Waals surface area contributed by atoms with E-state index in [9.17, 15) is 0 Å². The van der Waals surface area contributed by atoms with Gasteiger partial charge in [-0.15, -0.1) is 11.3 Å². The summed E-state index contributed by atoms with van der Waals surface area (Å²) in [6, 6.07) is 8.44. The summed E-state index contributed by atoms with van der Waals surface area (Å²) in [6.07, 6.45) is 0. The molecule has 3 nitrogen and oxygen atoms in total. The van der Waals surface area contributed by atoms with E-state index >= 15 is 0 Å². The van der Waals surface area contributed by atoms with E-state index in [1.54, 1.807) is 11.3 Å². The molecule has 0 bridgehead atoms. The van der Waals surface area contributed by atoms with Gasteiger partial charge in [-0.05, 0) is 45.0 Å². The quantitative estimate of drug-likeness (QED) is 0.933. The van der Waals surface area contributed by atoms with Crippen molar-refractivity contribution in [3.05, 3.63) is 34.8 Å². The average molecular weight is 275 g/mol. The molecule has 0 spiro atoms. The lowest BCUT2D eigenvalue weighted by atomic mass is 10.0. The fourth-order valence-electron chi connectivity index (χ4n) is 2.02. The second kappa shape index (κ2) is 4.94. The minimum atomic E-state index is -0.330. The van der Waals surface area contributed by atoms with Crippen LogP contribution in [0.3, 0.4) is 0 Å². The van der Waals surface area contributed by atoms with Crippen LogP contribution in [0.5, 0.6) is 0 Å². The summed E-state index contributed by atoms with van der Waals surface area (Å²) < 4.78 is 0. The Hall–Kier alpha value is -1.39. The Morgan fingerprint density at radius 1 is 1.16 bits per heavy atom. The van der Waals surface area contributed by atoms with Crippen LogP contribution in [0.2, 0.25) is 0 Å². The summed E-state index contributed by atoms with van der Waals surface area (Å²) in [7, 11) is 4.08. The third-order valence-corrected chi connectivity index (χ3v) is 4.56. The molecule has 2 aromatic rings. The van der Waals surface area contributed by atoms with Crippen LogP contribution in [0.1, 0.15) is 24.4 Å². The average Bonchev–Trinajstić information content (AvgIpc) is 2.71. The molecular weight excluding hydrogens is 254 g/mol. The van der Waals surface area contributed by atoms with Gasteiger partial charge in [0.05, 0.1) is 5.69 Å². The highest BCUT2D eigenvalue weighted by Crippen LogP contribution is 2.33. The Labute approximate surface area is 119 Å². The van der Waals surface area contributed by atoms with Crippen molar-refractivity contribution in [1.29, 1.82) is 0 Å². The topological polar surface area (TPSA) is 42.2 Å². The first kappa shape index (κ1) is 14.0. The molecule has 19 heavy (non-hydrogen) atoms. The molecule has 0 amide bonds. The summed E-state index contributed by atoms with van der Waals surface area (Å²) in [4.78, 5) is 7.89. The molecule has 2 rings (SSSR count). The SMILES string of the molecule is Cc1nc(-c2ccc(N(C)C)cc2)sc1C(C)(C)N. The Kier molecular flexibility index (Phi) is 3.65. The van der Waals surface area contributed by atoms with Crippen LogP contribution in [-0.4, -0.2) is 19.1 Å². The maximum absolute atomic E-state index is 6.18. The number of nitrogens with zero attached hydrogens (tertiary/aromatic N) is 2. The molecule has 0 atom stereocenters. The van der Waals surface area contributed by atoms with Crippen molar-refractivity contribution in [2.24, 2.45) is 5.73 Å². The number of nitrogens with two attached hydrogens (primary N) is 1. The second-order valence-corrected chi connectivity index (χ2v) is 6.60. The van der Waals surface area contributed by atoms with Gasteiger partial charge in [0.1, 0.15) is 5.01 Å². The van der Waals surface area contributed by atoms with E-state index in [0.717, 1.165) is 21.1 Å². The molecule has 0 aliphatic carbocycles. The van der Waals surface area contributed by atoms with Gasteiger partial charge >= 0.3 is 0 Å². The van der Waals surface area contributed by atoms with Crippen LogP contribution < -0.4 is 10.6 Å². The number of anilines is 1. The van der Waals surface area contributed by atoms with Crippen molar-refractivity contribution in [2.75, 3.05) is 19.0 Å². The molecule has 102 valence electrons. The molecule has 2 N–H and O–H groups in total. The van der Waals surface area contributed by atoms with Gasteiger partial charge in [0, 0.05) is 35.8 Å². The monoisotopic (exact) mass is 275 g/mol. The standard InChI is InChI=1S/C15H21N3S/c1-10-13(15(2,3)16)19-14(17-10)11-6-8-12(9-7-11)18(4)5/h6-9H,16H2,1-5H3. The molecule has 1 aromatic carbocycles. The van der Waals surface area contributed by atoms with E-state index in [-0.39, 0.29) is 5.54 Å². The van der Waals surface area contributed by atoms with Crippen LogP contribution in [0.15, 0.2) is 24.3 Å². The fourth-order valence-corrected chi connectivity index (χ4v) is 3.11. The van der Waals surface area contributed by atoms with Crippen LogP contribution in [0.25, 0.3) is 10.6 Å². The van der Waals surface area contributed by atoms with Crippen molar-refractivity contribution in [3.63, 3.8) is 0 Å². The van der Waals surface area contributed by atoms with Crippen molar-refractivity contribution in [3.8, 4) is 10.6 Å². The van der Waals surface area contributed by atoms with Gasteiger partial charge in [0.2, 0.25) is 0 Å². The predicted molar refractivity (Wildman–Crippen MR) is 83.8 cm³/mol. The van der Waals surface area contributed by atoms with Gasteiger partial charge in [-0.1, -0.05) is 0 Å². The van der Waals surface area contributed by atoms with E-state index in [1.807, 2.05) is 34.9 Å². The van der Waals surface area contributed by atoms with Crippen molar-refractivity contribution in [2.45, 2.75) is 26.3 Å². The fraction of sp³-hybridized carbons (Fsp3) is 0.400. The smallest absolute Gasteiger partial charge is 0.123 e. The second-order valence-electron chi connectivity index (χ2n) is 5.60. The highest BCUT2D eigenvalue weighted by molar-refractivity contribution is 7.15. The zero-order chi connectivity index (χ0) is 14.2. The predicted octanol–water partition coefficient (Wildman–Crippen LogP) is 3.38. The molecule has 0 saturated heterocycles. The Bertz CT molecular complexity index is 562. The van der Waals surface area contributed by atoms with Crippen molar-refractivity contribution < 1.29 is 0 Å². The van der Waals surface area contributed by atoms with Crippen molar-refractivity contribution >= 4 is 17.0 Å². The number of aryl methyl sites for hydroxylation is 1. The molecule has 1 heterocycles. The molecule has 1 aromatic heterocycles. The Balaban J connectivity index is 2.37. The summed E-state index contributed by atoms with van der Waals surface area (Å²) in [6.45, 7) is 6.07. The summed E-state index contributed by atoms with van der Waals surface area (Å²) >= 11 is 1.68. The number of rotatable bonds is 3. The lowest BCUT2D eigenvalue weighted by Gasteiger charge is -2.16. The first-order valence-corrected chi connectivity index (χ1v) is 7.15. The molecule has 0 saturated carbocycles. The molecular formula is C15H21N3S. The van der Waals surface area contributed by atoms with E-state index in [0.29, 0.717) is 0 Å². The first-order chi connectivity index (χ1) is 8.79. The highest BCUT2D eigenvalue weighted by atomic mass is 32.1. The number of hydrogen-bond acceptors (Lipinski definition) is 4. The van der Waals surface area contributed by atoms with Gasteiger partial charge in [-0.3, -0.25) is 0 Å². The number of hydrogen-bond donors (Lipinski definition) is 1. The minimum absolute atomic E-state index is 0.330. The normalized spacial score (nSPS) is 11.7. The van der Waals surface area contributed by atoms with E-state index in [4.69, 9.17) is 5.73 Å². The number of aromatic nitrogens is 1. The first-order valence-electron chi connectivity index (χ1n) is 6.33. The van der Waals surface area contributed by atoms with E-state index in [1.165, 1.54) is 5.69 Å². The Morgan fingerprint density at radius 3 is 2.16 bits per heavy atom. The maximum atomic E-state index is 6.18. The van der Waals surface area contributed by atoms with Gasteiger partial charge in [0.25, 0.3) is 0 Å². The summed E-state index contributed by atoms with van der Waals surface area (Å²) in [5.74, 6) is 0. The van der Waals surface area contributed by atoms with Crippen LogP contribution >= 0.6 is 11.3 Å². The van der Waals surface area contributed by atoms with Crippen LogP contribution in [-0.2, 0) is 5.54 Å². The Morgan fingerprint density at radius 2 is 1.74 bits per heavy atom. The number of thiazole rings is 1. The van der Waals surface area contributed by atoms with Gasteiger partial charge in [0.15, 0.2) is 0 Å². The molecule has 0 fully saturated rings. The minimum Gasteiger partial charge on any atom is -0.378 e. The lowest BCUT2D eigenvalue weighted by molar-refractivity contribution is 0.562. The zero-order valence-corrected chi connectivity index (χ0v) is 13.0. The summed E-state index contributed by atoms with van der Waals surface area (Å²) in [5.41, 5.74) is 9.22. The largest absolute Gasteiger partial charge is 0.378 e. The molecule has 0 radical (unpaired) electrons. The molecule has 4 heteroatoms. The molecule has 0 unspecified atom stereocenters. The van der Waals surface area contributed by atoms with Gasteiger partial charge in [-0.25, -0.2) is 4.98 Å². The van der Waals surface area contributed by atoms with E-state index in [2.05, 4.69) is 34.1 Å².